The number of hydrogen-bond acceptors (Lipinski definition) is 1. The second-order valence-electron chi connectivity index (χ2n) is 5.52. The smallest absolute Gasteiger partial charge is 0.166 e. The van der Waals surface area contributed by atoms with Crippen molar-refractivity contribution in [1.82, 2.24) is 5.32 Å². The lowest BCUT2D eigenvalue weighted by Gasteiger charge is -2.15. The van der Waals surface area contributed by atoms with E-state index in [1.165, 1.54) is 5.56 Å². The fraction of sp³-hybridized carbons (Fsp3) is 0.333. The van der Waals surface area contributed by atoms with E-state index in [1.54, 1.807) is 12.1 Å². The summed E-state index contributed by atoms with van der Waals surface area (Å²) >= 11 is 0. The molecule has 1 unspecified atom stereocenters. The first-order valence-electron chi connectivity index (χ1n) is 7.52. The van der Waals surface area contributed by atoms with Crippen LogP contribution in [-0.2, 0) is 6.42 Å². The Balaban J connectivity index is 2.03. The lowest BCUT2D eigenvalue weighted by atomic mass is 9.96. The Labute approximate surface area is 124 Å². The van der Waals surface area contributed by atoms with E-state index in [4.69, 9.17) is 0 Å². The van der Waals surface area contributed by atoms with E-state index in [0.717, 1.165) is 43.0 Å². The van der Waals surface area contributed by atoms with Gasteiger partial charge in [-0.3, -0.25) is 0 Å². The number of hydrogen-bond donors (Lipinski definition) is 1. The molecule has 3 heteroatoms. The van der Waals surface area contributed by atoms with E-state index in [-0.39, 0.29) is 0 Å². The van der Waals surface area contributed by atoms with Gasteiger partial charge in [0.1, 0.15) is 0 Å². The summed E-state index contributed by atoms with van der Waals surface area (Å²) in [4.78, 5) is 0. The van der Waals surface area contributed by atoms with Crippen LogP contribution in [0.15, 0.2) is 36.4 Å². The van der Waals surface area contributed by atoms with Crippen molar-refractivity contribution >= 4 is 0 Å². The van der Waals surface area contributed by atoms with E-state index < -0.39 is 11.6 Å². The molecular weight excluding hydrogens is 268 g/mol. The fourth-order valence-corrected chi connectivity index (χ4v) is 3.15. The summed E-state index contributed by atoms with van der Waals surface area (Å²) in [6.45, 7) is 3.12. The Hall–Kier alpha value is -1.74. The molecule has 0 amide bonds. The number of benzene rings is 2. The predicted molar refractivity (Wildman–Crippen MR) is 81.1 cm³/mol. The molecule has 1 atom stereocenters. The lowest BCUT2D eigenvalue weighted by molar-refractivity contribution is 0.511. The van der Waals surface area contributed by atoms with Gasteiger partial charge in [0.05, 0.1) is 0 Å². The van der Waals surface area contributed by atoms with Crippen molar-refractivity contribution < 1.29 is 8.78 Å². The first-order chi connectivity index (χ1) is 10.2. The van der Waals surface area contributed by atoms with E-state index in [2.05, 4.69) is 18.3 Å². The standard InChI is InChI=1S/C18H19F2N/c1-2-11-21-17-10-9-13-12(5-3-6-14(13)17)15-7-4-8-16(19)18(15)20/h3-8,17,21H,2,9-11H2,1H3. The summed E-state index contributed by atoms with van der Waals surface area (Å²) in [6.07, 6.45) is 3.01. The molecule has 0 bridgehead atoms. The van der Waals surface area contributed by atoms with Crippen LogP contribution in [0.3, 0.4) is 0 Å². The minimum Gasteiger partial charge on any atom is -0.310 e. The summed E-state index contributed by atoms with van der Waals surface area (Å²) in [5, 5.41) is 3.52. The summed E-state index contributed by atoms with van der Waals surface area (Å²) in [5.74, 6) is -1.54. The van der Waals surface area contributed by atoms with Crippen LogP contribution in [0, 0.1) is 11.6 Å². The van der Waals surface area contributed by atoms with Crippen LogP contribution < -0.4 is 5.32 Å². The van der Waals surface area contributed by atoms with Crippen LogP contribution in [0.4, 0.5) is 8.78 Å². The Kier molecular flexibility index (Phi) is 4.02. The molecule has 0 spiro atoms. The van der Waals surface area contributed by atoms with Gasteiger partial charge in [-0.05, 0) is 48.6 Å². The molecule has 1 aliphatic rings. The zero-order valence-corrected chi connectivity index (χ0v) is 12.1. The molecule has 0 heterocycles. The van der Waals surface area contributed by atoms with Gasteiger partial charge in [0.25, 0.3) is 0 Å². The number of rotatable bonds is 4. The average Bonchev–Trinajstić information content (AvgIpc) is 2.91. The van der Waals surface area contributed by atoms with Crippen molar-refractivity contribution in [2.75, 3.05) is 6.54 Å². The van der Waals surface area contributed by atoms with Crippen LogP contribution in [0.5, 0.6) is 0 Å². The monoisotopic (exact) mass is 287 g/mol. The first kappa shape index (κ1) is 14.2. The van der Waals surface area contributed by atoms with Crippen molar-refractivity contribution in [3.63, 3.8) is 0 Å². The summed E-state index contributed by atoms with van der Waals surface area (Å²) in [5.41, 5.74) is 3.56. The zero-order chi connectivity index (χ0) is 14.8. The molecule has 0 aliphatic heterocycles. The van der Waals surface area contributed by atoms with Gasteiger partial charge in [-0.15, -0.1) is 0 Å². The molecule has 21 heavy (non-hydrogen) atoms. The maximum atomic E-state index is 14.1. The van der Waals surface area contributed by atoms with E-state index in [9.17, 15) is 8.78 Å². The van der Waals surface area contributed by atoms with Crippen molar-refractivity contribution in [3.8, 4) is 11.1 Å². The van der Waals surface area contributed by atoms with Gasteiger partial charge in [0.15, 0.2) is 11.6 Å². The average molecular weight is 287 g/mol. The van der Waals surface area contributed by atoms with Crippen molar-refractivity contribution in [3.05, 3.63) is 59.2 Å². The highest BCUT2D eigenvalue weighted by Gasteiger charge is 2.25. The third kappa shape index (κ3) is 2.58. The molecule has 110 valence electrons. The molecule has 0 saturated carbocycles. The summed E-state index contributed by atoms with van der Waals surface area (Å²) in [7, 11) is 0. The van der Waals surface area contributed by atoms with E-state index >= 15 is 0 Å². The van der Waals surface area contributed by atoms with Crippen LogP contribution in [0.25, 0.3) is 11.1 Å². The fourth-order valence-electron chi connectivity index (χ4n) is 3.15. The lowest BCUT2D eigenvalue weighted by Crippen LogP contribution is -2.19. The van der Waals surface area contributed by atoms with Gasteiger partial charge in [0.2, 0.25) is 0 Å². The van der Waals surface area contributed by atoms with Crippen molar-refractivity contribution in [1.29, 1.82) is 0 Å². The first-order valence-corrected chi connectivity index (χ1v) is 7.52. The molecule has 2 aromatic carbocycles. The zero-order valence-electron chi connectivity index (χ0n) is 12.1. The topological polar surface area (TPSA) is 12.0 Å². The second kappa shape index (κ2) is 5.94. The number of nitrogens with one attached hydrogen (secondary N) is 1. The third-order valence-corrected chi connectivity index (χ3v) is 4.15. The molecule has 1 N–H and O–H groups in total. The van der Waals surface area contributed by atoms with Crippen molar-refractivity contribution in [2.45, 2.75) is 32.2 Å². The molecule has 0 fully saturated rings. The number of fused-ring (bicyclic) bond motifs is 1. The molecule has 1 aliphatic carbocycles. The number of halogens is 2. The molecule has 2 aromatic rings. The van der Waals surface area contributed by atoms with Crippen LogP contribution in [0.1, 0.15) is 36.9 Å². The SMILES string of the molecule is CCCNC1CCc2c(-c3cccc(F)c3F)cccc21. The quantitative estimate of drug-likeness (QED) is 0.865. The normalized spacial score (nSPS) is 17.0. The largest absolute Gasteiger partial charge is 0.310 e. The summed E-state index contributed by atoms with van der Waals surface area (Å²) in [6, 6.07) is 10.6. The Morgan fingerprint density at radius 3 is 2.67 bits per heavy atom. The molecule has 1 nitrogen and oxygen atoms in total. The second-order valence-corrected chi connectivity index (χ2v) is 5.52. The Bertz CT molecular complexity index is 652. The Morgan fingerprint density at radius 1 is 1.10 bits per heavy atom. The molecule has 0 aromatic heterocycles. The van der Waals surface area contributed by atoms with Gasteiger partial charge in [0, 0.05) is 11.6 Å². The van der Waals surface area contributed by atoms with Crippen LogP contribution in [-0.4, -0.2) is 6.54 Å². The van der Waals surface area contributed by atoms with Gasteiger partial charge in [-0.25, -0.2) is 8.78 Å². The van der Waals surface area contributed by atoms with E-state index in [0.29, 0.717) is 11.6 Å². The molecule has 0 radical (unpaired) electrons. The molecule has 0 saturated heterocycles. The van der Waals surface area contributed by atoms with Crippen LogP contribution in [0.2, 0.25) is 0 Å². The van der Waals surface area contributed by atoms with Gasteiger partial charge >= 0.3 is 0 Å². The maximum Gasteiger partial charge on any atom is 0.166 e. The highest BCUT2D eigenvalue weighted by molar-refractivity contribution is 5.70. The highest BCUT2D eigenvalue weighted by atomic mass is 19.2. The Morgan fingerprint density at radius 2 is 1.86 bits per heavy atom. The van der Waals surface area contributed by atoms with Gasteiger partial charge < -0.3 is 5.32 Å². The molecule has 3 rings (SSSR count). The third-order valence-electron chi connectivity index (χ3n) is 4.15. The van der Waals surface area contributed by atoms with Gasteiger partial charge in [-0.1, -0.05) is 37.3 Å². The summed E-state index contributed by atoms with van der Waals surface area (Å²) < 4.78 is 27.5. The predicted octanol–water partition coefficient (Wildman–Crippen LogP) is 4.62. The van der Waals surface area contributed by atoms with E-state index in [1.807, 2.05) is 12.1 Å². The maximum absolute atomic E-state index is 14.1. The minimum atomic E-state index is -0.788. The van der Waals surface area contributed by atoms with Gasteiger partial charge in [-0.2, -0.15) is 0 Å². The minimum absolute atomic E-state index is 0.330. The highest BCUT2D eigenvalue weighted by Crippen LogP contribution is 2.38. The molecular formula is C18H19F2N. The van der Waals surface area contributed by atoms with Crippen molar-refractivity contribution in [2.24, 2.45) is 0 Å². The van der Waals surface area contributed by atoms with Crippen LogP contribution >= 0.6 is 0 Å².